The number of rotatable bonds is 9. The van der Waals surface area contributed by atoms with Gasteiger partial charge in [-0.15, -0.1) is 24.8 Å². The van der Waals surface area contributed by atoms with Crippen molar-refractivity contribution in [3.8, 4) is 5.75 Å². The second kappa shape index (κ2) is 11.4. The summed E-state index contributed by atoms with van der Waals surface area (Å²) in [6.45, 7) is 1.97. The molecule has 4 bridgehead atoms. The van der Waals surface area contributed by atoms with Crippen molar-refractivity contribution >= 4 is 36.8 Å². The Labute approximate surface area is 191 Å². The van der Waals surface area contributed by atoms with Crippen molar-refractivity contribution in [2.24, 2.45) is 29.6 Å². The lowest BCUT2D eigenvalue weighted by Gasteiger charge is -2.54. The quantitative estimate of drug-likeness (QED) is 0.324. The van der Waals surface area contributed by atoms with E-state index in [-0.39, 0.29) is 37.7 Å². The van der Waals surface area contributed by atoms with Crippen LogP contribution in [0.1, 0.15) is 50.5 Å². The van der Waals surface area contributed by atoms with Crippen LogP contribution in [0.25, 0.3) is 0 Å². The van der Waals surface area contributed by atoms with Crippen LogP contribution in [0.4, 0.5) is 0 Å². The maximum atomic E-state index is 11.8. The second-order valence-corrected chi connectivity index (χ2v) is 9.02. The van der Waals surface area contributed by atoms with Gasteiger partial charge < -0.3 is 15.2 Å². The lowest BCUT2D eigenvalue weighted by atomic mass is 9.52. The molecule has 4 saturated carbocycles. The maximum Gasteiger partial charge on any atom is 0.311 e. The van der Waals surface area contributed by atoms with E-state index < -0.39 is 11.9 Å². The highest BCUT2D eigenvalue weighted by molar-refractivity contribution is 5.85. The number of carbonyl (C=O) groups is 2. The van der Waals surface area contributed by atoms with E-state index in [2.05, 4.69) is 5.32 Å². The second-order valence-electron chi connectivity index (χ2n) is 9.02. The molecule has 30 heavy (non-hydrogen) atoms. The van der Waals surface area contributed by atoms with E-state index in [1.165, 1.54) is 32.1 Å². The number of carboxylic acid groups (broad SMARTS) is 1. The van der Waals surface area contributed by atoms with Gasteiger partial charge in [0.05, 0.1) is 12.8 Å². The zero-order valence-corrected chi connectivity index (χ0v) is 18.9. The Morgan fingerprint density at radius 1 is 0.967 bits per heavy atom. The minimum absolute atomic E-state index is 0. The first kappa shape index (κ1) is 25.0. The van der Waals surface area contributed by atoms with Gasteiger partial charge in [0.1, 0.15) is 5.75 Å². The number of carbonyl (C=O) groups excluding carboxylic acids is 1. The zero-order chi connectivity index (χ0) is 19.5. The van der Waals surface area contributed by atoms with E-state index in [0.717, 1.165) is 54.7 Å². The highest BCUT2D eigenvalue weighted by atomic mass is 35.5. The van der Waals surface area contributed by atoms with Crippen LogP contribution in [0.15, 0.2) is 24.3 Å². The summed E-state index contributed by atoms with van der Waals surface area (Å²) in [5, 5.41) is 12.4. The molecule has 1 aromatic rings. The molecule has 0 radical (unpaired) electrons. The fourth-order valence-electron chi connectivity index (χ4n) is 6.06. The molecule has 0 saturated heterocycles. The molecule has 7 heteroatoms. The first-order valence-corrected chi connectivity index (χ1v) is 10.8. The average Bonchev–Trinajstić information content (AvgIpc) is 2.66. The van der Waals surface area contributed by atoms with Crippen molar-refractivity contribution < 1.29 is 19.4 Å². The third-order valence-corrected chi connectivity index (χ3v) is 7.11. The van der Waals surface area contributed by atoms with Crippen molar-refractivity contribution in [3.05, 3.63) is 29.8 Å². The van der Waals surface area contributed by atoms with Gasteiger partial charge in [-0.3, -0.25) is 9.59 Å². The molecule has 0 heterocycles. The molecule has 5 nitrogen and oxygen atoms in total. The topological polar surface area (TPSA) is 75.6 Å². The smallest absolute Gasteiger partial charge is 0.311 e. The molecule has 0 amide bonds. The molecule has 0 unspecified atom stereocenters. The van der Waals surface area contributed by atoms with Gasteiger partial charge >= 0.3 is 11.9 Å². The fraction of sp³-hybridized carbons (Fsp3) is 0.652. The Morgan fingerprint density at radius 3 is 2.23 bits per heavy atom. The van der Waals surface area contributed by atoms with Gasteiger partial charge in [-0.1, -0.05) is 18.2 Å². The normalized spacial score (nSPS) is 28.3. The van der Waals surface area contributed by atoms with Crippen molar-refractivity contribution in [3.63, 3.8) is 0 Å². The van der Waals surface area contributed by atoms with Crippen LogP contribution in [-0.4, -0.2) is 30.1 Å². The molecule has 4 fully saturated rings. The van der Waals surface area contributed by atoms with E-state index in [4.69, 9.17) is 9.84 Å². The van der Waals surface area contributed by atoms with Crippen molar-refractivity contribution in [1.82, 2.24) is 5.32 Å². The highest BCUT2D eigenvalue weighted by Crippen LogP contribution is 2.56. The summed E-state index contributed by atoms with van der Waals surface area (Å²) in [7, 11) is 0. The van der Waals surface area contributed by atoms with Crippen LogP contribution in [0, 0.1) is 29.6 Å². The van der Waals surface area contributed by atoms with Crippen LogP contribution in [0.5, 0.6) is 5.75 Å². The Hall–Kier alpha value is -1.30. The first-order valence-electron chi connectivity index (χ1n) is 10.8. The van der Waals surface area contributed by atoms with Crippen LogP contribution in [0.3, 0.4) is 0 Å². The largest absolute Gasteiger partial charge is 0.481 e. The lowest BCUT2D eigenvalue weighted by molar-refractivity contribution is -0.142. The molecular formula is C23H33Cl2NO4. The number of benzene rings is 1. The van der Waals surface area contributed by atoms with Crippen LogP contribution >= 0.6 is 24.8 Å². The molecule has 0 aromatic heterocycles. The number of esters is 1. The molecule has 0 aliphatic heterocycles. The fourth-order valence-corrected chi connectivity index (χ4v) is 6.06. The van der Waals surface area contributed by atoms with E-state index in [0.29, 0.717) is 5.75 Å². The first-order chi connectivity index (χ1) is 13.6. The predicted octanol–water partition coefficient (Wildman–Crippen LogP) is 4.50. The van der Waals surface area contributed by atoms with E-state index in [1.807, 2.05) is 18.2 Å². The molecule has 5 rings (SSSR count). The minimum Gasteiger partial charge on any atom is -0.481 e. The summed E-state index contributed by atoms with van der Waals surface area (Å²) < 4.78 is 5.39. The number of nitrogens with one attached hydrogen (secondary N) is 1. The average molecular weight is 458 g/mol. The Bertz CT molecular complexity index is 699. The van der Waals surface area contributed by atoms with Crippen LogP contribution in [-0.2, 0) is 16.0 Å². The Morgan fingerprint density at radius 2 is 1.60 bits per heavy atom. The Balaban J connectivity index is 0.00000160. The number of aliphatic carboxylic acids is 1. The molecule has 0 spiro atoms. The number of carboxylic acids is 1. The summed E-state index contributed by atoms with van der Waals surface area (Å²) in [5.74, 6) is 3.82. The van der Waals surface area contributed by atoms with E-state index in [1.54, 1.807) is 6.07 Å². The van der Waals surface area contributed by atoms with Crippen molar-refractivity contribution in [2.75, 3.05) is 13.1 Å². The van der Waals surface area contributed by atoms with Gasteiger partial charge in [0.2, 0.25) is 0 Å². The molecular weight excluding hydrogens is 425 g/mol. The number of ether oxygens (including phenoxy) is 1. The van der Waals surface area contributed by atoms with Crippen molar-refractivity contribution in [2.45, 2.75) is 51.4 Å². The van der Waals surface area contributed by atoms with E-state index >= 15 is 0 Å². The van der Waals surface area contributed by atoms with Gasteiger partial charge in [-0.25, -0.2) is 0 Å². The number of para-hydroxylation sites is 1. The lowest BCUT2D eigenvalue weighted by Crippen LogP contribution is -2.48. The van der Waals surface area contributed by atoms with Crippen molar-refractivity contribution in [1.29, 1.82) is 0 Å². The number of halogens is 2. The van der Waals surface area contributed by atoms with Gasteiger partial charge in [-0.2, -0.15) is 0 Å². The zero-order valence-electron chi connectivity index (χ0n) is 17.3. The molecule has 4 aliphatic rings. The van der Waals surface area contributed by atoms with Crippen LogP contribution < -0.4 is 10.1 Å². The summed E-state index contributed by atoms with van der Waals surface area (Å²) in [5.41, 5.74) is 0.990. The minimum atomic E-state index is -0.987. The number of hydrogen-bond acceptors (Lipinski definition) is 4. The highest BCUT2D eigenvalue weighted by Gasteiger charge is 2.47. The van der Waals surface area contributed by atoms with Gasteiger partial charge in [0.15, 0.2) is 0 Å². The molecule has 168 valence electrons. The summed E-state index contributed by atoms with van der Waals surface area (Å²) in [6, 6.07) is 7.54. The molecule has 4 aliphatic carbocycles. The van der Waals surface area contributed by atoms with E-state index in [9.17, 15) is 9.59 Å². The monoisotopic (exact) mass is 457 g/mol. The van der Waals surface area contributed by atoms with Gasteiger partial charge in [-0.05, 0) is 92.8 Å². The van der Waals surface area contributed by atoms with Crippen LogP contribution in [0.2, 0.25) is 0 Å². The van der Waals surface area contributed by atoms with Gasteiger partial charge in [0.25, 0.3) is 0 Å². The molecule has 2 N–H and O–H groups in total. The summed E-state index contributed by atoms with van der Waals surface area (Å²) in [4.78, 5) is 22.5. The summed E-state index contributed by atoms with van der Waals surface area (Å²) >= 11 is 0. The third kappa shape index (κ3) is 6.12. The van der Waals surface area contributed by atoms with Gasteiger partial charge in [0, 0.05) is 0 Å². The third-order valence-electron chi connectivity index (χ3n) is 7.11. The standard InChI is InChI=1S/C23H31NO4.2ClH/c25-22(26)5-6-23(27)28-21-4-2-1-3-17(21)7-8-24-14-20-18-10-15-9-16(12-18)13-19(20)11-15;;/h1-4,15-16,18-20,24H,5-14H2,(H,25,26);2*1H. The SMILES string of the molecule is Cl.Cl.O=C(O)CCC(=O)Oc1ccccc1CCNCC1C2CC3CC(C2)CC1C3. The Kier molecular flexibility index (Phi) is 9.45. The number of hydrogen-bond donors (Lipinski definition) is 2. The maximum absolute atomic E-state index is 11.8. The molecule has 0 atom stereocenters. The summed E-state index contributed by atoms with van der Waals surface area (Å²) in [6.07, 6.45) is 7.80. The predicted molar refractivity (Wildman–Crippen MR) is 121 cm³/mol. The molecule has 1 aromatic carbocycles.